The van der Waals surface area contributed by atoms with Crippen molar-refractivity contribution in [2.75, 3.05) is 25.6 Å². The average Bonchev–Trinajstić information content (AvgIpc) is 2.68. The van der Waals surface area contributed by atoms with Gasteiger partial charge < -0.3 is 15.4 Å². The third kappa shape index (κ3) is 2.51. The second-order valence-electron chi connectivity index (χ2n) is 7.01. The smallest absolute Gasteiger partial charge is 0.119 e. The topological polar surface area (TPSA) is 38.5 Å². The molecule has 0 bridgehead atoms. The number of hydrogen-bond acceptors (Lipinski definition) is 3. The van der Waals surface area contributed by atoms with Crippen molar-refractivity contribution in [1.29, 1.82) is 0 Å². The lowest BCUT2D eigenvalue weighted by Crippen LogP contribution is -2.54. The zero-order valence-electron chi connectivity index (χ0n) is 13.4. The fraction of sp³-hybridized carbons (Fsp3) is 0.647. The van der Waals surface area contributed by atoms with Crippen LogP contribution >= 0.6 is 0 Å². The van der Waals surface area contributed by atoms with E-state index in [-0.39, 0.29) is 5.54 Å². The highest BCUT2D eigenvalue weighted by Crippen LogP contribution is 2.50. The summed E-state index contributed by atoms with van der Waals surface area (Å²) in [5.41, 5.74) is 7.83. The van der Waals surface area contributed by atoms with Gasteiger partial charge in [0.15, 0.2) is 0 Å². The molecule has 0 aromatic heterocycles. The SMILES string of the molecule is COc1ccc(N(C)C2(CN)CC(C)(C)CC2C)cc1. The molecule has 2 rings (SSSR count). The number of methoxy groups -OCH3 is 1. The number of rotatable bonds is 4. The summed E-state index contributed by atoms with van der Waals surface area (Å²) >= 11 is 0. The summed E-state index contributed by atoms with van der Waals surface area (Å²) in [6.07, 6.45) is 2.37. The Kier molecular flexibility index (Phi) is 4.01. The minimum absolute atomic E-state index is 0.0537. The zero-order valence-corrected chi connectivity index (χ0v) is 13.4. The highest BCUT2D eigenvalue weighted by molar-refractivity contribution is 5.51. The molecule has 1 aliphatic rings. The van der Waals surface area contributed by atoms with Crippen molar-refractivity contribution in [3.63, 3.8) is 0 Å². The molecule has 0 heterocycles. The van der Waals surface area contributed by atoms with Gasteiger partial charge in [0.05, 0.1) is 12.6 Å². The predicted molar refractivity (Wildman–Crippen MR) is 85.4 cm³/mol. The normalized spacial score (nSPS) is 28.4. The fourth-order valence-electron chi connectivity index (χ4n) is 4.02. The largest absolute Gasteiger partial charge is 0.497 e. The van der Waals surface area contributed by atoms with Crippen LogP contribution in [0.25, 0.3) is 0 Å². The van der Waals surface area contributed by atoms with Crippen LogP contribution in [-0.4, -0.2) is 26.2 Å². The maximum Gasteiger partial charge on any atom is 0.119 e. The van der Waals surface area contributed by atoms with Crippen LogP contribution < -0.4 is 15.4 Å². The average molecular weight is 276 g/mol. The number of ether oxygens (including phenoxy) is 1. The molecule has 0 spiro atoms. The lowest BCUT2D eigenvalue weighted by atomic mass is 9.84. The molecule has 2 unspecified atom stereocenters. The van der Waals surface area contributed by atoms with E-state index in [1.807, 2.05) is 12.1 Å². The van der Waals surface area contributed by atoms with Gasteiger partial charge in [0.2, 0.25) is 0 Å². The van der Waals surface area contributed by atoms with Crippen molar-refractivity contribution in [2.45, 2.75) is 39.2 Å². The second kappa shape index (κ2) is 5.28. The standard InChI is InChI=1S/C17H28N2O/c1-13-10-16(2,3)11-17(13,12-18)19(4)14-6-8-15(20-5)9-7-14/h6-9,13H,10-12,18H2,1-5H3. The van der Waals surface area contributed by atoms with E-state index in [0.29, 0.717) is 17.9 Å². The molecule has 0 aliphatic heterocycles. The summed E-state index contributed by atoms with van der Waals surface area (Å²) in [4.78, 5) is 2.38. The molecule has 1 aromatic carbocycles. The first-order valence-corrected chi connectivity index (χ1v) is 7.42. The fourth-order valence-corrected chi connectivity index (χ4v) is 4.02. The Morgan fingerprint density at radius 3 is 2.30 bits per heavy atom. The van der Waals surface area contributed by atoms with Crippen LogP contribution in [0.1, 0.15) is 33.6 Å². The maximum absolute atomic E-state index is 6.21. The minimum atomic E-state index is 0.0537. The van der Waals surface area contributed by atoms with Crippen LogP contribution in [0.2, 0.25) is 0 Å². The molecule has 20 heavy (non-hydrogen) atoms. The molecule has 112 valence electrons. The van der Waals surface area contributed by atoms with E-state index >= 15 is 0 Å². The van der Waals surface area contributed by atoms with Crippen molar-refractivity contribution < 1.29 is 4.74 Å². The third-order valence-electron chi connectivity index (χ3n) is 5.04. The first-order chi connectivity index (χ1) is 9.34. The van der Waals surface area contributed by atoms with Gasteiger partial charge in [0.1, 0.15) is 5.75 Å². The van der Waals surface area contributed by atoms with Crippen LogP contribution in [0.5, 0.6) is 5.75 Å². The van der Waals surface area contributed by atoms with E-state index in [4.69, 9.17) is 10.5 Å². The molecule has 3 nitrogen and oxygen atoms in total. The molecule has 1 aromatic rings. The summed E-state index contributed by atoms with van der Waals surface area (Å²) in [5.74, 6) is 1.48. The van der Waals surface area contributed by atoms with Crippen molar-refractivity contribution in [2.24, 2.45) is 17.1 Å². The van der Waals surface area contributed by atoms with Crippen LogP contribution in [0.15, 0.2) is 24.3 Å². The first kappa shape index (κ1) is 15.2. The molecule has 0 amide bonds. The van der Waals surface area contributed by atoms with Gasteiger partial charge in [0, 0.05) is 19.3 Å². The summed E-state index contributed by atoms with van der Waals surface area (Å²) in [5, 5.41) is 0. The molecule has 1 aliphatic carbocycles. The molecule has 0 radical (unpaired) electrons. The Morgan fingerprint density at radius 1 is 1.30 bits per heavy atom. The number of hydrogen-bond donors (Lipinski definition) is 1. The maximum atomic E-state index is 6.21. The molecule has 2 N–H and O–H groups in total. The number of anilines is 1. The van der Waals surface area contributed by atoms with E-state index in [0.717, 1.165) is 12.2 Å². The van der Waals surface area contributed by atoms with Crippen LogP contribution in [0.4, 0.5) is 5.69 Å². The number of nitrogens with two attached hydrogens (primary N) is 1. The van der Waals surface area contributed by atoms with Gasteiger partial charge in [0.25, 0.3) is 0 Å². The molecule has 2 atom stereocenters. The summed E-state index contributed by atoms with van der Waals surface area (Å²) < 4.78 is 5.24. The second-order valence-corrected chi connectivity index (χ2v) is 7.01. The van der Waals surface area contributed by atoms with Crippen LogP contribution in [-0.2, 0) is 0 Å². The van der Waals surface area contributed by atoms with Gasteiger partial charge in [-0.05, 0) is 48.4 Å². The van der Waals surface area contributed by atoms with Gasteiger partial charge in [-0.25, -0.2) is 0 Å². The van der Waals surface area contributed by atoms with E-state index < -0.39 is 0 Å². The molecular weight excluding hydrogens is 248 g/mol. The number of benzene rings is 1. The Labute approximate surface area is 123 Å². The summed E-state index contributed by atoms with van der Waals surface area (Å²) in [6.45, 7) is 7.73. The molecular formula is C17H28N2O. The van der Waals surface area contributed by atoms with E-state index in [9.17, 15) is 0 Å². The van der Waals surface area contributed by atoms with Crippen molar-refractivity contribution in [3.05, 3.63) is 24.3 Å². The van der Waals surface area contributed by atoms with Gasteiger partial charge in [-0.15, -0.1) is 0 Å². The van der Waals surface area contributed by atoms with Crippen LogP contribution in [0.3, 0.4) is 0 Å². The van der Waals surface area contributed by atoms with E-state index in [2.05, 4.69) is 44.9 Å². The van der Waals surface area contributed by atoms with Gasteiger partial charge in [-0.3, -0.25) is 0 Å². The Hall–Kier alpha value is -1.22. The Bertz CT molecular complexity index is 455. The summed E-state index contributed by atoms with van der Waals surface area (Å²) in [7, 11) is 3.87. The van der Waals surface area contributed by atoms with E-state index in [1.54, 1.807) is 7.11 Å². The Morgan fingerprint density at radius 2 is 1.90 bits per heavy atom. The first-order valence-electron chi connectivity index (χ1n) is 7.42. The van der Waals surface area contributed by atoms with Crippen molar-refractivity contribution >= 4 is 5.69 Å². The number of likely N-dealkylation sites (N-methyl/N-ethyl adjacent to an activating group) is 1. The highest BCUT2D eigenvalue weighted by Gasteiger charge is 2.50. The minimum Gasteiger partial charge on any atom is -0.497 e. The molecule has 1 fully saturated rings. The zero-order chi connectivity index (χ0) is 15.0. The highest BCUT2D eigenvalue weighted by atomic mass is 16.5. The van der Waals surface area contributed by atoms with Crippen molar-refractivity contribution in [1.82, 2.24) is 0 Å². The Balaban J connectivity index is 2.31. The molecule has 1 saturated carbocycles. The monoisotopic (exact) mass is 276 g/mol. The van der Waals surface area contributed by atoms with Gasteiger partial charge >= 0.3 is 0 Å². The van der Waals surface area contributed by atoms with E-state index in [1.165, 1.54) is 12.1 Å². The van der Waals surface area contributed by atoms with Gasteiger partial charge in [-0.1, -0.05) is 20.8 Å². The molecule has 0 saturated heterocycles. The summed E-state index contributed by atoms with van der Waals surface area (Å²) in [6, 6.07) is 8.27. The van der Waals surface area contributed by atoms with Gasteiger partial charge in [-0.2, -0.15) is 0 Å². The predicted octanol–water partition coefficient (Wildman–Crippen LogP) is 3.29. The quantitative estimate of drug-likeness (QED) is 0.917. The lowest BCUT2D eigenvalue weighted by Gasteiger charge is -2.44. The molecule has 3 heteroatoms. The third-order valence-corrected chi connectivity index (χ3v) is 5.04. The lowest BCUT2D eigenvalue weighted by molar-refractivity contribution is 0.316. The van der Waals surface area contributed by atoms with Crippen LogP contribution in [0, 0.1) is 11.3 Å². The van der Waals surface area contributed by atoms with Crippen molar-refractivity contribution in [3.8, 4) is 5.75 Å². The number of nitrogens with zero attached hydrogens (tertiary/aromatic N) is 1.